The van der Waals surface area contributed by atoms with Gasteiger partial charge >= 0.3 is 5.97 Å². The van der Waals surface area contributed by atoms with Crippen molar-refractivity contribution in [3.05, 3.63) is 0 Å². The van der Waals surface area contributed by atoms with E-state index in [0.717, 1.165) is 0 Å². The summed E-state index contributed by atoms with van der Waals surface area (Å²) in [6.07, 6.45) is -6.92. The molecule has 0 aromatic carbocycles. The van der Waals surface area contributed by atoms with Gasteiger partial charge in [0.05, 0.1) is 6.10 Å². The maximum Gasteiger partial charge on any atom is 0.338 e. The molecule has 0 radical (unpaired) electrons. The first-order valence-corrected chi connectivity index (χ1v) is 3.88. The lowest BCUT2D eigenvalue weighted by molar-refractivity contribution is -0.153. The van der Waals surface area contributed by atoms with Crippen molar-refractivity contribution in [1.82, 2.24) is 0 Å². The molecule has 0 bridgehead atoms. The van der Waals surface area contributed by atoms with Gasteiger partial charge < -0.3 is 25.2 Å². The molecule has 4 N–H and O–H groups in total. The predicted molar refractivity (Wildman–Crippen MR) is 39.6 cm³/mol. The van der Waals surface area contributed by atoms with E-state index in [4.69, 9.17) is 10.2 Å². The van der Waals surface area contributed by atoms with Crippen molar-refractivity contribution in [3.63, 3.8) is 0 Å². The quantitative estimate of drug-likeness (QED) is 0.357. The average Bonchev–Trinajstić information content (AvgIpc) is 2.31. The minimum Gasteiger partial charge on any atom is -0.455 e. The summed E-state index contributed by atoms with van der Waals surface area (Å²) < 4.78 is 4.46. The number of cyclic esters (lactones) is 1. The molecule has 0 unspecified atom stereocenters. The molecule has 0 aliphatic carbocycles. The molecule has 1 aliphatic heterocycles. The van der Waals surface area contributed by atoms with Gasteiger partial charge in [-0.05, 0) is 6.92 Å². The highest BCUT2D eigenvalue weighted by molar-refractivity contribution is 5.77. The van der Waals surface area contributed by atoms with Gasteiger partial charge in [0.1, 0.15) is 12.2 Å². The first kappa shape index (κ1) is 10.4. The normalized spacial score (nSPS) is 38.5. The van der Waals surface area contributed by atoms with Crippen LogP contribution in [0.4, 0.5) is 0 Å². The fourth-order valence-electron chi connectivity index (χ4n) is 1.14. The van der Waals surface area contributed by atoms with E-state index in [1.54, 1.807) is 0 Å². The zero-order valence-corrected chi connectivity index (χ0v) is 6.99. The van der Waals surface area contributed by atoms with Gasteiger partial charge in [-0.3, -0.25) is 0 Å². The van der Waals surface area contributed by atoms with E-state index >= 15 is 0 Å². The van der Waals surface area contributed by atoms with Gasteiger partial charge in [-0.1, -0.05) is 0 Å². The molecule has 76 valence electrons. The van der Waals surface area contributed by atoms with Crippen LogP contribution >= 0.6 is 0 Å². The van der Waals surface area contributed by atoms with Gasteiger partial charge in [-0.15, -0.1) is 0 Å². The Kier molecular flexibility index (Phi) is 2.87. The average molecular weight is 192 g/mol. The lowest BCUT2D eigenvalue weighted by Gasteiger charge is -2.21. The number of esters is 1. The fraction of sp³-hybridized carbons (Fsp3) is 0.857. The van der Waals surface area contributed by atoms with Crippen molar-refractivity contribution in [1.29, 1.82) is 0 Å². The Morgan fingerprint density at radius 3 is 2.23 bits per heavy atom. The molecular formula is C7H12O6. The number of ether oxygens (including phenoxy) is 1. The lowest BCUT2D eigenvalue weighted by Crippen LogP contribution is -2.43. The number of aliphatic hydroxyl groups is 4. The molecule has 0 aromatic rings. The van der Waals surface area contributed by atoms with Crippen LogP contribution in [0.15, 0.2) is 0 Å². The monoisotopic (exact) mass is 192 g/mol. The van der Waals surface area contributed by atoms with E-state index in [1.807, 2.05) is 0 Å². The van der Waals surface area contributed by atoms with E-state index in [9.17, 15) is 15.0 Å². The van der Waals surface area contributed by atoms with Crippen LogP contribution in [0.5, 0.6) is 0 Å². The van der Waals surface area contributed by atoms with Gasteiger partial charge in [0, 0.05) is 0 Å². The first-order valence-electron chi connectivity index (χ1n) is 3.88. The zero-order chi connectivity index (χ0) is 10.2. The van der Waals surface area contributed by atoms with Crippen LogP contribution in [0.3, 0.4) is 0 Å². The van der Waals surface area contributed by atoms with Crippen LogP contribution in [0.1, 0.15) is 6.92 Å². The molecule has 13 heavy (non-hydrogen) atoms. The van der Waals surface area contributed by atoms with Crippen LogP contribution in [-0.2, 0) is 9.53 Å². The maximum absolute atomic E-state index is 10.7. The number of rotatable bonds is 2. The van der Waals surface area contributed by atoms with Crippen LogP contribution in [-0.4, -0.2) is 56.9 Å². The number of carbonyl (C=O) groups is 1. The first-order chi connectivity index (χ1) is 5.95. The van der Waals surface area contributed by atoms with Gasteiger partial charge in [0.25, 0.3) is 0 Å². The molecule has 5 atom stereocenters. The number of hydrogen-bond donors (Lipinski definition) is 4. The van der Waals surface area contributed by atoms with Crippen LogP contribution < -0.4 is 0 Å². The molecule has 6 nitrogen and oxygen atoms in total. The molecule has 0 amide bonds. The molecule has 1 fully saturated rings. The summed E-state index contributed by atoms with van der Waals surface area (Å²) in [5.41, 5.74) is 0. The largest absolute Gasteiger partial charge is 0.455 e. The number of aliphatic hydroxyl groups excluding tert-OH is 4. The van der Waals surface area contributed by atoms with E-state index < -0.39 is 36.5 Å². The standard InChI is InChI=1S/C7H12O6/c1-2(8)3(9)6-4(10)5(11)7(12)13-6/h2-6,8-11H,1H3/t2-,3+,4+,5+,6+/m0/s1. The molecule has 1 saturated heterocycles. The summed E-state index contributed by atoms with van der Waals surface area (Å²) in [7, 11) is 0. The third-order valence-electron chi connectivity index (χ3n) is 1.98. The molecule has 1 rings (SSSR count). The topological polar surface area (TPSA) is 107 Å². The van der Waals surface area contributed by atoms with Crippen LogP contribution in [0.2, 0.25) is 0 Å². The van der Waals surface area contributed by atoms with Gasteiger partial charge in [-0.2, -0.15) is 0 Å². The second-order valence-corrected chi connectivity index (χ2v) is 3.07. The van der Waals surface area contributed by atoms with Crippen molar-refractivity contribution in [2.75, 3.05) is 0 Å². The second kappa shape index (κ2) is 3.59. The van der Waals surface area contributed by atoms with Crippen molar-refractivity contribution in [3.8, 4) is 0 Å². The summed E-state index contributed by atoms with van der Waals surface area (Å²) in [6, 6.07) is 0. The minimum absolute atomic E-state index is 0.989. The van der Waals surface area contributed by atoms with Crippen LogP contribution in [0, 0.1) is 0 Å². The smallest absolute Gasteiger partial charge is 0.338 e. The third-order valence-corrected chi connectivity index (χ3v) is 1.98. The van der Waals surface area contributed by atoms with Crippen molar-refractivity contribution in [2.24, 2.45) is 0 Å². The Hall–Kier alpha value is -0.690. The fourth-order valence-corrected chi connectivity index (χ4v) is 1.14. The van der Waals surface area contributed by atoms with Gasteiger partial charge in [0.2, 0.25) is 0 Å². The summed E-state index contributed by atoms with van der Waals surface area (Å²) in [5, 5.41) is 36.3. The van der Waals surface area contributed by atoms with E-state index in [0.29, 0.717) is 0 Å². The van der Waals surface area contributed by atoms with E-state index in [2.05, 4.69) is 4.74 Å². The molecule has 1 aliphatic rings. The molecule has 0 saturated carbocycles. The highest BCUT2D eigenvalue weighted by Crippen LogP contribution is 2.20. The van der Waals surface area contributed by atoms with Crippen molar-refractivity contribution >= 4 is 5.97 Å². The maximum atomic E-state index is 10.7. The molecule has 6 heteroatoms. The SMILES string of the molecule is C[C@H](O)[C@@H](O)[C@H]1OC(=O)[C@H](O)[C@H]1O. The summed E-state index contributed by atoms with van der Waals surface area (Å²) in [4.78, 5) is 10.7. The van der Waals surface area contributed by atoms with Crippen molar-refractivity contribution < 1.29 is 30.0 Å². The highest BCUT2D eigenvalue weighted by atomic mass is 16.6. The Labute approximate surface area is 74.4 Å². The van der Waals surface area contributed by atoms with Crippen molar-refractivity contribution in [2.45, 2.75) is 37.4 Å². The summed E-state index contributed by atoms with van der Waals surface area (Å²) >= 11 is 0. The second-order valence-electron chi connectivity index (χ2n) is 3.07. The Balaban J connectivity index is 2.68. The Bertz CT molecular complexity index is 203. The molecule has 0 aromatic heterocycles. The van der Waals surface area contributed by atoms with E-state index in [1.165, 1.54) is 6.92 Å². The number of hydrogen-bond acceptors (Lipinski definition) is 6. The Morgan fingerprint density at radius 2 is 1.92 bits per heavy atom. The summed E-state index contributed by atoms with van der Waals surface area (Å²) in [5.74, 6) is -0.989. The summed E-state index contributed by atoms with van der Waals surface area (Å²) in [6.45, 7) is 1.29. The number of carbonyl (C=O) groups excluding carboxylic acids is 1. The van der Waals surface area contributed by atoms with Gasteiger partial charge in [0.15, 0.2) is 12.2 Å². The third kappa shape index (κ3) is 1.80. The predicted octanol–water partition coefficient (Wildman–Crippen LogP) is -2.62. The van der Waals surface area contributed by atoms with E-state index in [-0.39, 0.29) is 0 Å². The Morgan fingerprint density at radius 1 is 1.38 bits per heavy atom. The highest BCUT2D eigenvalue weighted by Gasteiger charge is 2.47. The lowest BCUT2D eigenvalue weighted by atomic mass is 10.0. The molecule has 1 heterocycles. The molecular weight excluding hydrogens is 180 g/mol. The zero-order valence-electron chi connectivity index (χ0n) is 6.99. The van der Waals surface area contributed by atoms with Gasteiger partial charge in [-0.25, -0.2) is 4.79 Å². The minimum atomic E-state index is -1.64. The molecule has 0 spiro atoms. The van der Waals surface area contributed by atoms with Crippen LogP contribution in [0.25, 0.3) is 0 Å².